The molecule has 0 spiro atoms. The van der Waals surface area contributed by atoms with E-state index in [0.717, 1.165) is 19.3 Å². The van der Waals surface area contributed by atoms with E-state index >= 15 is 0 Å². The van der Waals surface area contributed by atoms with Crippen molar-refractivity contribution in [1.29, 1.82) is 0 Å². The minimum absolute atomic E-state index is 0.0805. The molecule has 0 saturated carbocycles. The lowest BCUT2D eigenvalue weighted by molar-refractivity contribution is 0.647. The van der Waals surface area contributed by atoms with Crippen LogP contribution in [0.15, 0.2) is 34.4 Å². The SMILES string of the molecule is CCc1cc(CC)c(C2(C)C(C)=C(C)C(C)=C2C)c(CC)c1. The summed E-state index contributed by atoms with van der Waals surface area (Å²) in [5.74, 6) is 0. The molecule has 0 aliphatic heterocycles. The van der Waals surface area contributed by atoms with Gasteiger partial charge >= 0.3 is 0 Å². The third kappa shape index (κ3) is 2.28. The third-order valence-corrected chi connectivity index (χ3v) is 6.22. The molecule has 1 aliphatic rings. The Bertz CT molecular complexity index is 604. The molecular formula is C22H32. The van der Waals surface area contributed by atoms with Crippen LogP contribution in [-0.2, 0) is 24.7 Å². The summed E-state index contributed by atoms with van der Waals surface area (Å²) < 4.78 is 0. The van der Waals surface area contributed by atoms with E-state index < -0.39 is 0 Å². The van der Waals surface area contributed by atoms with Crippen LogP contribution in [0.4, 0.5) is 0 Å². The fourth-order valence-corrected chi connectivity index (χ4v) is 4.21. The van der Waals surface area contributed by atoms with Crippen LogP contribution in [0.25, 0.3) is 0 Å². The first-order valence-corrected chi connectivity index (χ1v) is 8.84. The number of rotatable bonds is 4. The number of hydrogen-bond acceptors (Lipinski definition) is 0. The number of hydrogen-bond donors (Lipinski definition) is 0. The summed E-state index contributed by atoms with van der Waals surface area (Å²) in [5, 5.41) is 0. The van der Waals surface area contributed by atoms with E-state index in [1.165, 1.54) is 27.9 Å². The second-order valence-electron chi connectivity index (χ2n) is 6.97. The van der Waals surface area contributed by atoms with Gasteiger partial charge in [-0.3, -0.25) is 0 Å². The Kier molecular flexibility index (Phi) is 4.70. The van der Waals surface area contributed by atoms with Crippen molar-refractivity contribution in [2.24, 2.45) is 0 Å². The summed E-state index contributed by atoms with van der Waals surface area (Å²) in [4.78, 5) is 0. The summed E-state index contributed by atoms with van der Waals surface area (Å²) >= 11 is 0. The summed E-state index contributed by atoms with van der Waals surface area (Å²) in [5.41, 5.74) is 12.3. The van der Waals surface area contributed by atoms with E-state index in [1.807, 2.05) is 0 Å². The zero-order valence-corrected chi connectivity index (χ0v) is 15.8. The van der Waals surface area contributed by atoms with Gasteiger partial charge in [0.1, 0.15) is 0 Å². The van der Waals surface area contributed by atoms with Gasteiger partial charge in [-0.25, -0.2) is 0 Å². The molecule has 0 N–H and O–H groups in total. The zero-order chi connectivity index (χ0) is 16.7. The lowest BCUT2D eigenvalue weighted by atomic mass is 9.69. The summed E-state index contributed by atoms with van der Waals surface area (Å²) in [6.45, 7) is 18.5. The molecule has 2 rings (SSSR count). The Hall–Kier alpha value is -1.30. The number of allylic oxidation sites excluding steroid dienone is 4. The first kappa shape index (κ1) is 17.1. The van der Waals surface area contributed by atoms with E-state index in [9.17, 15) is 0 Å². The van der Waals surface area contributed by atoms with Gasteiger partial charge in [-0.1, -0.05) is 44.1 Å². The molecule has 1 aromatic carbocycles. The van der Waals surface area contributed by atoms with Crippen molar-refractivity contribution < 1.29 is 0 Å². The molecule has 1 aliphatic carbocycles. The quantitative estimate of drug-likeness (QED) is 0.610. The van der Waals surface area contributed by atoms with Crippen molar-refractivity contribution in [2.45, 2.75) is 80.1 Å². The Balaban J connectivity index is 2.82. The Morgan fingerprint density at radius 3 is 1.45 bits per heavy atom. The zero-order valence-electron chi connectivity index (χ0n) is 15.8. The van der Waals surface area contributed by atoms with Crippen LogP contribution >= 0.6 is 0 Å². The molecular weight excluding hydrogens is 264 g/mol. The Morgan fingerprint density at radius 2 is 1.14 bits per heavy atom. The van der Waals surface area contributed by atoms with Crippen molar-refractivity contribution in [3.8, 4) is 0 Å². The second kappa shape index (κ2) is 6.07. The molecule has 0 fully saturated rings. The Labute approximate surface area is 137 Å². The molecule has 0 nitrogen and oxygen atoms in total. The average Bonchev–Trinajstić information content (AvgIpc) is 2.69. The maximum atomic E-state index is 2.45. The van der Waals surface area contributed by atoms with E-state index in [4.69, 9.17) is 0 Å². The van der Waals surface area contributed by atoms with E-state index in [0.29, 0.717) is 0 Å². The van der Waals surface area contributed by atoms with Crippen LogP contribution in [0.3, 0.4) is 0 Å². The van der Waals surface area contributed by atoms with E-state index in [2.05, 4.69) is 67.5 Å². The second-order valence-corrected chi connectivity index (χ2v) is 6.97. The molecule has 0 heterocycles. The highest BCUT2D eigenvalue weighted by Gasteiger charge is 2.40. The topological polar surface area (TPSA) is 0 Å². The molecule has 22 heavy (non-hydrogen) atoms. The van der Waals surface area contributed by atoms with Gasteiger partial charge < -0.3 is 0 Å². The van der Waals surface area contributed by atoms with Crippen molar-refractivity contribution in [3.05, 3.63) is 56.7 Å². The highest BCUT2D eigenvalue weighted by atomic mass is 14.4. The molecule has 0 aromatic heterocycles. The first-order chi connectivity index (χ1) is 10.3. The van der Waals surface area contributed by atoms with Gasteiger partial charge in [0.15, 0.2) is 0 Å². The van der Waals surface area contributed by atoms with Gasteiger partial charge in [0.25, 0.3) is 0 Å². The molecule has 0 heteroatoms. The minimum atomic E-state index is 0.0805. The maximum absolute atomic E-state index is 2.45. The molecule has 0 radical (unpaired) electrons. The predicted molar refractivity (Wildman–Crippen MR) is 98.7 cm³/mol. The fraction of sp³-hybridized carbons (Fsp3) is 0.545. The van der Waals surface area contributed by atoms with Crippen LogP contribution in [0.1, 0.15) is 77.6 Å². The van der Waals surface area contributed by atoms with Crippen LogP contribution in [0.5, 0.6) is 0 Å². The van der Waals surface area contributed by atoms with Crippen molar-refractivity contribution in [3.63, 3.8) is 0 Å². The normalized spacial score (nSPS) is 17.6. The maximum Gasteiger partial charge on any atom is 0.0353 e. The van der Waals surface area contributed by atoms with Gasteiger partial charge in [0, 0.05) is 5.41 Å². The molecule has 0 saturated heterocycles. The van der Waals surface area contributed by atoms with Crippen molar-refractivity contribution in [2.75, 3.05) is 0 Å². The van der Waals surface area contributed by atoms with Crippen LogP contribution in [0.2, 0.25) is 0 Å². The molecule has 0 bridgehead atoms. The predicted octanol–water partition coefficient (Wildman–Crippen LogP) is 6.32. The summed E-state index contributed by atoms with van der Waals surface area (Å²) in [6, 6.07) is 4.90. The van der Waals surface area contributed by atoms with Gasteiger partial charge in [0.05, 0.1) is 0 Å². The average molecular weight is 296 g/mol. The van der Waals surface area contributed by atoms with Gasteiger partial charge in [0.2, 0.25) is 0 Å². The fourth-order valence-electron chi connectivity index (χ4n) is 4.21. The third-order valence-electron chi connectivity index (χ3n) is 6.22. The molecule has 1 aromatic rings. The molecule has 0 amide bonds. The molecule has 0 atom stereocenters. The molecule has 0 unspecified atom stereocenters. The van der Waals surface area contributed by atoms with Crippen molar-refractivity contribution in [1.82, 2.24) is 0 Å². The van der Waals surface area contributed by atoms with Crippen LogP contribution < -0.4 is 0 Å². The minimum Gasteiger partial charge on any atom is -0.0613 e. The van der Waals surface area contributed by atoms with E-state index in [1.54, 1.807) is 16.7 Å². The van der Waals surface area contributed by atoms with Crippen LogP contribution in [0, 0.1) is 0 Å². The monoisotopic (exact) mass is 296 g/mol. The van der Waals surface area contributed by atoms with Gasteiger partial charge in [-0.2, -0.15) is 0 Å². The van der Waals surface area contributed by atoms with Crippen LogP contribution in [-0.4, -0.2) is 0 Å². The molecule has 120 valence electrons. The highest BCUT2D eigenvalue weighted by Crippen LogP contribution is 2.50. The van der Waals surface area contributed by atoms with Gasteiger partial charge in [-0.15, -0.1) is 0 Å². The lowest BCUT2D eigenvalue weighted by Crippen LogP contribution is -2.27. The highest BCUT2D eigenvalue weighted by molar-refractivity contribution is 5.62. The Morgan fingerprint density at radius 1 is 0.727 bits per heavy atom. The number of benzene rings is 1. The summed E-state index contributed by atoms with van der Waals surface area (Å²) in [7, 11) is 0. The standard InChI is InChI=1S/C22H32/c1-9-18-12-19(10-2)21(20(11-3)13-18)22(8)16(6)14(4)15(5)17(22)7/h12-13H,9-11H2,1-8H3. The first-order valence-electron chi connectivity index (χ1n) is 8.84. The lowest BCUT2D eigenvalue weighted by Gasteiger charge is -2.34. The van der Waals surface area contributed by atoms with Crippen molar-refractivity contribution >= 4 is 0 Å². The smallest absolute Gasteiger partial charge is 0.0353 e. The number of aryl methyl sites for hydroxylation is 3. The summed E-state index contributed by atoms with van der Waals surface area (Å²) in [6.07, 6.45) is 3.35. The van der Waals surface area contributed by atoms with E-state index in [-0.39, 0.29) is 5.41 Å². The largest absolute Gasteiger partial charge is 0.0613 e. The van der Waals surface area contributed by atoms with Gasteiger partial charge in [-0.05, 0) is 87.3 Å².